The smallest absolute Gasteiger partial charge is 0.326 e. The zero-order valence-corrected chi connectivity index (χ0v) is 27.4. The van der Waals surface area contributed by atoms with Crippen molar-refractivity contribution in [3.63, 3.8) is 0 Å². The number of aliphatic carboxylic acids is 1. The number of rotatable bonds is 17. The zero-order chi connectivity index (χ0) is 34.5. The van der Waals surface area contributed by atoms with Crippen molar-refractivity contribution in [1.29, 1.82) is 0 Å². The number of methoxy groups -OCH3 is 1. The first kappa shape index (κ1) is 35.6. The molecular formula is C38H44N4O6. The van der Waals surface area contributed by atoms with E-state index in [9.17, 15) is 24.3 Å². The topological polar surface area (TPSA) is 160 Å². The van der Waals surface area contributed by atoms with Crippen molar-refractivity contribution in [2.45, 2.75) is 63.1 Å². The number of benzene rings is 4. The molecule has 0 heterocycles. The van der Waals surface area contributed by atoms with E-state index in [2.05, 4.69) is 16.0 Å². The predicted molar refractivity (Wildman–Crippen MR) is 186 cm³/mol. The second kappa shape index (κ2) is 17.6. The number of hydrogen-bond acceptors (Lipinski definition) is 6. The largest absolute Gasteiger partial charge is 0.497 e. The van der Waals surface area contributed by atoms with Gasteiger partial charge in [-0.3, -0.25) is 14.4 Å². The number of amides is 3. The number of nitrogens with one attached hydrogen (secondary N) is 3. The van der Waals surface area contributed by atoms with Crippen molar-refractivity contribution < 1.29 is 29.0 Å². The lowest BCUT2D eigenvalue weighted by molar-refractivity contribution is -0.142. The number of carbonyl (C=O) groups is 4. The van der Waals surface area contributed by atoms with E-state index in [1.165, 1.54) is 0 Å². The lowest BCUT2D eigenvalue weighted by Crippen LogP contribution is -2.57. The standard InChI is InChI=1S/C38H44N4O6/c1-25(28-16-17-30-24-31(48-2)19-18-29(30)23-28)35(43)41-33(21-26-11-5-3-6-12-26)37(45)42-34(22-27-13-7-4-8-14-27)36(44)40-32(38(46)47)15-9-10-20-39/h3-8,11-14,16-19,23-25,32-34H,9-10,15,20-22,39H2,1-2H3,(H,40,44)(H,41,43)(H,42,45)(H,46,47). The third kappa shape index (κ3) is 10.1. The molecule has 0 aliphatic carbocycles. The van der Waals surface area contributed by atoms with Crippen LogP contribution in [0.5, 0.6) is 5.75 Å². The summed E-state index contributed by atoms with van der Waals surface area (Å²) in [5, 5.41) is 20.0. The van der Waals surface area contributed by atoms with Crippen molar-refractivity contribution in [2.75, 3.05) is 13.7 Å². The third-order valence-corrected chi connectivity index (χ3v) is 8.36. The van der Waals surface area contributed by atoms with Gasteiger partial charge in [0.2, 0.25) is 17.7 Å². The Morgan fingerprint density at radius 3 is 1.75 bits per heavy atom. The fourth-order valence-corrected chi connectivity index (χ4v) is 5.50. The van der Waals surface area contributed by atoms with Crippen LogP contribution >= 0.6 is 0 Å². The molecule has 252 valence electrons. The van der Waals surface area contributed by atoms with Crippen molar-refractivity contribution in [2.24, 2.45) is 5.73 Å². The quantitative estimate of drug-likeness (QED) is 0.107. The second-order valence-corrected chi connectivity index (χ2v) is 11.9. The van der Waals surface area contributed by atoms with Crippen molar-refractivity contribution >= 4 is 34.5 Å². The average molecular weight is 653 g/mol. The SMILES string of the molecule is COc1ccc2cc(C(C)C(=O)NC(Cc3ccccc3)C(=O)NC(Cc3ccccc3)C(=O)NC(CCCCN)C(=O)O)ccc2c1. The van der Waals surface area contributed by atoms with E-state index in [4.69, 9.17) is 10.5 Å². The minimum Gasteiger partial charge on any atom is -0.497 e. The summed E-state index contributed by atoms with van der Waals surface area (Å²) in [5.74, 6) is -2.56. The highest BCUT2D eigenvalue weighted by Gasteiger charge is 2.31. The van der Waals surface area contributed by atoms with Gasteiger partial charge in [-0.15, -0.1) is 0 Å². The second-order valence-electron chi connectivity index (χ2n) is 11.9. The molecule has 0 spiro atoms. The van der Waals surface area contributed by atoms with Gasteiger partial charge in [0, 0.05) is 12.8 Å². The van der Waals surface area contributed by atoms with Crippen LogP contribution in [0.4, 0.5) is 0 Å². The van der Waals surface area contributed by atoms with Gasteiger partial charge in [-0.2, -0.15) is 0 Å². The molecule has 0 saturated heterocycles. The van der Waals surface area contributed by atoms with Crippen LogP contribution < -0.4 is 26.4 Å². The van der Waals surface area contributed by atoms with Crippen LogP contribution in [0.1, 0.15) is 48.8 Å². The van der Waals surface area contributed by atoms with E-state index in [1.807, 2.05) is 97.1 Å². The van der Waals surface area contributed by atoms with Gasteiger partial charge in [-0.25, -0.2) is 4.79 Å². The maximum absolute atomic E-state index is 14.0. The summed E-state index contributed by atoms with van der Waals surface area (Å²) in [6, 6.07) is 26.6. The van der Waals surface area contributed by atoms with Gasteiger partial charge < -0.3 is 31.5 Å². The number of unbranched alkanes of at least 4 members (excludes halogenated alkanes) is 1. The number of carbonyl (C=O) groups excluding carboxylic acids is 3. The fraction of sp³-hybridized carbons (Fsp3) is 0.316. The minimum absolute atomic E-state index is 0.123. The first-order valence-corrected chi connectivity index (χ1v) is 16.2. The Hall–Kier alpha value is -5.22. The highest BCUT2D eigenvalue weighted by molar-refractivity contribution is 5.95. The summed E-state index contributed by atoms with van der Waals surface area (Å²) < 4.78 is 5.32. The summed E-state index contributed by atoms with van der Waals surface area (Å²) >= 11 is 0. The van der Waals surface area contributed by atoms with E-state index in [0.717, 1.165) is 33.2 Å². The Balaban J connectivity index is 1.56. The molecule has 10 heteroatoms. The highest BCUT2D eigenvalue weighted by atomic mass is 16.5. The molecule has 4 rings (SSSR count). The van der Waals surface area contributed by atoms with Gasteiger partial charge in [0.15, 0.2) is 0 Å². The van der Waals surface area contributed by atoms with Crippen molar-refractivity contribution in [3.05, 3.63) is 114 Å². The van der Waals surface area contributed by atoms with Crippen molar-refractivity contribution in [1.82, 2.24) is 16.0 Å². The fourth-order valence-electron chi connectivity index (χ4n) is 5.50. The van der Waals surface area contributed by atoms with E-state index in [-0.39, 0.29) is 25.2 Å². The van der Waals surface area contributed by atoms with E-state index < -0.39 is 41.8 Å². The molecule has 3 amide bonds. The summed E-state index contributed by atoms with van der Waals surface area (Å²) in [5.41, 5.74) is 7.94. The van der Waals surface area contributed by atoms with Crippen LogP contribution in [-0.2, 0) is 32.0 Å². The molecular weight excluding hydrogens is 608 g/mol. The van der Waals surface area contributed by atoms with Gasteiger partial charge in [0.1, 0.15) is 23.9 Å². The van der Waals surface area contributed by atoms with Crippen LogP contribution in [0, 0.1) is 0 Å². The Morgan fingerprint density at radius 1 is 0.688 bits per heavy atom. The van der Waals surface area contributed by atoms with Gasteiger partial charge in [-0.1, -0.05) is 84.9 Å². The Labute approximate surface area is 281 Å². The minimum atomic E-state index is -1.17. The van der Waals surface area contributed by atoms with E-state index in [1.54, 1.807) is 14.0 Å². The van der Waals surface area contributed by atoms with Crippen molar-refractivity contribution in [3.8, 4) is 5.75 Å². The normalized spacial score (nSPS) is 13.5. The Kier molecular flexibility index (Phi) is 13.1. The maximum atomic E-state index is 14.0. The molecule has 6 N–H and O–H groups in total. The molecule has 0 aromatic heterocycles. The molecule has 4 unspecified atom stereocenters. The van der Waals surface area contributed by atoms with Crippen LogP contribution in [0.15, 0.2) is 97.1 Å². The number of hydrogen-bond donors (Lipinski definition) is 5. The maximum Gasteiger partial charge on any atom is 0.326 e. The first-order valence-electron chi connectivity index (χ1n) is 16.2. The number of carboxylic acid groups (broad SMARTS) is 1. The molecule has 10 nitrogen and oxygen atoms in total. The molecule has 0 aliphatic rings. The zero-order valence-electron chi connectivity index (χ0n) is 27.4. The van der Waals surface area contributed by atoms with Crippen LogP contribution in [0.2, 0.25) is 0 Å². The molecule has 4 aromatic rings. The predicted octanol–water partition coefficient (Wildman–Crippen LogP) is 4.11. The summed E-state index contributed by atoms with van der Waals surface area (Å²) in [6.07, 6.45) is 1.66. The summed E-state index contributed by atoms with van der Waals surface area (Å²) in [7, 11) is 1.61. The van der Waals surface area contributed by atoms with E-state index in [0.29, 0.717) is 19.4 Å². The van der Waals surface area contributed by atoms with Gasteiger partial charge in [0.25, 0.3) is 0 Å². The van der Waals surface area contributed by atoms with Gasteiger partial charge in [0.05, 0.1) is 13.0 Å². The lowest BCUT2D eigenvalue weighted by atomic mass is 9.96. The van der Waals surface area contributed by atoms with Crippen LogP contribution in [0.25, 0.3) is 10.8 Å². The molecule has 4 aromatic carbocycles. The lowest BCUT2D eigenvalue weighted by Gasteiger charge is -2.26. The first-order chi connectivity index (χ1) is 23.2. The number of fused-ring (bicyclic) bond motifs is 1. The Morgan fingerprint density at radius 2 is 1.21 bits per heavy atom. The summed E-state index contributed by atoms with van der Waals surface area (Å²) in [6.45, 7) is 2.19. The Bertz CT molecular complexity index is 1680. The number of nitrogens with two attached hydrogens (primary N) is 1. The monoisotopic (exact) mass is 652 g/mol. The number of ether oxygens (including phenoxy) is 1. The molecule has 0 radical (unpaired) electrons. The molecule has 48 heavy (non-hydrogen) atoms. The molecule has 0 saturated carbocycles. The van der Waals surface area contributed by atoms with Crippen LogP contribution in [0.3, 0.4) is 0 Å². The molecule has 0 fully saturated rings. The highest BCUT2D eigenvalue weighted by Crippen LogP contribution is 2.25. The van der Waals surface area contributed by atoms with Gasteiger partial charge >= 0.3 is 5.97 Å². The number of carboxylic acids is 1. The molecule has 0 aliphatic heterocycles. The summed E-state index contributed by atoms with van der Waals surface area (Å²) in [4.78, 5) is 53.2. The van der Waals surface area contributed by atoms with E-state index >= 15 is 0 Å². The van der Waals surface area contributed by atoms with Gasteiger partial charge in [-0.05, 0) is 72.3 Å². The molecule has 0 bridgehead atoms. The van der Waals surface area contributed by atoms with Crippen LogP contribution in [-0.4, -0.2) is 60.6 Å². The average Bonchev–Trinajstić information content (AvgIpc) is 3.10. The molecule has 4 atom stereocenters. The third-order valence-electron chi connectivity index (χ3n) is 8.36.